The number of hydrogen-bond acceptors (Lipinski definition) is 0. The Morgan fingerprint density at radius 1 is 0.905 bits per heavy atom. The molecule has 0 aliphatic carbocycles. The summed E-state index contributed by atoms with van der Waals surface area (Å²) in [5.74, 6) is 0. The van der Waals surface area contributed by atoms with Gasteiger partial charge < -0.3 is 0 Å². The third-order valence-electron chi connectivity index (χ3n) is 4.00. The summed E-state index contributed by atoms with van der Waals surface area (Å²) in [6.07, 6.45) is 2.12. The minimum absolute atomic E-state index is 0.681. The molecule has 4 rings (SSSR count). The first kappa shape index (κ1) is 11.9. The fraction of sp³-hybridized carbons (Fsp3) is 0.0526. The van der Waals surface area contributed by atoms with Gasteiger partial charge in [-0.3, -0.25) is 0 Å². The number of hydrogen-bond donors (Lipinski definition) is 0. The molecular weight excluding hydrogens is 256 g/mol. The van der Waals surface area contributed by atoms with Gasteiger partial charge in [-0.25, -0.2) is 4.85 Å². The van der Waals surface area contributed by atoms with E-state index in [-0.39, 0.29) is 0 Å². The molecule has 0 atom stereocenters. The number of nitrogens with zero attached hydrogens (tertiary/aromatic N) is 2. The first-order chi connectivity index (χ1) is 10.3. The lowest BCUT2D eigenvalue weighted by Gasteiger charge is -2.03. The molecule has 0 saturated carbocycles. The summed E-state index contributed by atoms with van der Waals surface area (Å²) in [5, 5.41) is 0. The van der Waals surface area contributed by atoms with Crippen LogP contribution in [0.3, 0.4) is 0 Å². The van der Waals surface area contributed by atoms with Crippen molar-refractivity contribution in [3.63, 3.8) is 0 Å². The molecule has 21 heavy (non-hydrogen) atoms. The summed E-state index contributed by atoms with van der Waals surface area (Å²) in [6, 6.07) is 20.7. The predicted octanol–water partition coefficient (Wildman–Crippen LogP) is 4.22. The molecule has 0 N–H and O–H groups in total. The van der Waals surface area contributed by atoms with Gasteiger partial charge in [-0.15, -0.1) is 0 Å². The Morgan fingerprint density at radius 2 is 1.71 bits per heavy atom. The molecule has 0 saturated heterocycles. The molecule has 1 aliphatic rings. The van der Waals surface area contributed by atoms with Gasteiger partial charge in [-0.2, -0.15) is 4.57 Å². The van der Waals surface area contributed by atoms with E-state index in [1.807, 2.05) is 24.3 Å². The molecule has 2 heteroatoms. The fourth-order valence-corrected chi connectivity index (χ4v) is 2.90. The molecule has 0 spiro atoms. The quantitative estimate of drug-likeness (QED) is 0.361. The topological polar surface area (TPSA) is 8.24 Å². The van der Waals surface area contributed by atoms with Gasteiger partial charge >= 0.3 is 0 Å². The zero-order valence-electron chi connectivity index (χ0n) is 11.5. The maximum Gasteiger partial charge on any atom is 0.213 e. The van der Waals surface area contributed by atoms with Gasteiger partial charge in [0.1, 0.15) is 0 Å². The van der Waals surface area contributed by atoms with Gasteiger partial charge in [0.2, 0.25) is 5.69 Å². The number of pyridine rings is 1. The molecular formula is C19H13N2+. The highest BCUT2D eigenvalue weighted by Crippen LogP contribution is 2.31. The van der Waals surface area contributed by atoms with Crippen molar-refractivity contribution in [2.75, 3.05) is 0 Å². The summed E-state index contributed by atoms with van der Waals surface area (Å²) in [4.78, 5) is 3.44. The Kier molecular flexibility index (Phi) is 2.58. The standard InChI is InChI=1S/C19H13N2/c1-20-17-9-7-14(8-10-17)15-5-6-16-13-21-11-3-2-4-19(21)18(16)12-15/h2-12H,13H2/q+1. The van der Waals surface area contributed by atoms with Gasteiger partial charge in [0.15, 0.2) is 18.4 Å². The lowest BCUT2D eigenvalue weighted by molar-refractivity contribution is -0.672. The highest BCUT2D eigenvalue weighted by Gasteiger charge is 2.25. The summed E-state index contributed by atoms with van der Waals surface area (Å²) in [7, 11) is 0. The smallest absolute Gasteiger partial charge is 0.213 e. The molecule has 1 aliphatic heterocycles. The second kappa shape index (κ2) is 4.57. The van der Waals surface area contributed by atoms with E-state index in [4.69, 9.17) is 6.57 Å². The fourth-order valence-electron chi connectivity index (χ4n) is 2.90. The Balaban J connectivity index is 1.82. The summed E-state index contributed by atoms with van der Waals surface area (Å²) >= 11 is 0. The lowest BCUT2D eigenvalue weighted by Crippen LogP contribution is -2.31. The molecule has 0 radical (unpaired) electrons. The molecule has 98 valence electrons. The van der Waals surface area contributed by atoms with Crippen LogP contribution in [-0.4, -0.2) is 0 Å². The molecule has 2 nitrogen and oxygen atoms in total. The Morgan fingerprint density at radius 3 is 2.52 bits per heavy atom. The Hall–Kier alpha value is -2.92. The second-order valence-corrected chi connectivity index (χ2v) is 5.24. The molecule has 0 bridgehead atoms. The molecule has 1 aromatic heterocycles. The van der Waals surface area contributed by atoms with Crippen LogP contribution >= 0.6 is 0 Å². The van der Waals surface area contributed by atoms with Crippen LogP contribution in [0.15, 0.2) is 66.9 Å². The van der Waals surface area contributed by atoms with Crippen LogP contribution in [0, 0.1) is 6.57 Å². The van der Waals surface area contributed by atoms with E-state index < -0.39 is 0 Å². The predicted molar refractivity (Wildman–Crippen MR) is 82.9 cm³/mol. The normalized spacial score (nSPS) is 11.6. The average Bonchev–Trinajstić information content (AvgIpc) is 2.93. The van der Waals surface area contributed by atoms with Gasteiger partial charge in [0.05, 0.1) is 12.1 Å². The minimum atomic E-state index is 0.681. The Bertz CT molecular complexity index is 871. The van der Waals surface area contributed by atoms with E-state index >= 15 is 0 Å². The van der Waals surface area contributed by atoms with Crippen LogP contribution in [0.5, 0.6) is 0 Å². The van der Waals surface area contributed by atoms with Crippen LogP contribution in [0.1, 0.15) is 5.56 Å². The summed E-state index contributed by atoms with van der Waals surface area (Å²) in [6.45, 7) is 7.97. The van der Waals surface area contributed by atoms with Crippen molar-refractivity contribution in [1.29, 1.82) is 0 Å². The maximum absolute atomic E-state index is 7.02. The number of rotatable bonds is 1. The molecule has 2 heterocycles. The van der Waals surface area contributed by atoms with Crippen molar-refractivity contribution >= 4 is 5.69 Å². The van der Waals surface area contributed by atoms with Crippen molar-refractivity contribution in [1.82, 2.24) is 0 Å². The SMILES string of the molecule is [C-]#[N+]c1ccc(-c2ccc3c(c2)-c2cccc[n+]2C3)cc1. The number of aromatic nitrogens is 1. The molecule has 3 aromatic rings. The molecule has 2 aromatic carbocycles. The van der Waals surface area contributed by atoms with Gasteiger partial charge in [0.25, 0.3) is 0 Å². The van der Waals surface area contributed by atoms with Gasteiger partial charge in [-0.05, 0) is 23.3 Å². The van der Waals surface area contributed by atoms with Crippen LogP contribution in [0.4, 0.5) is 5.69 Å². The molecule has 0 amide bonds. The monoisotopic (exact) mass is 269 g/mol. The molecule has 0 fully saturated rings. The van der Waals surface area contributed by atoms with Crippen LogP contribution < -0.4 is 4.57 Å². The van der Waals surface area contributed by atoms with Gasteiger partial charge in [0, 0.05) is 17.7 Å². The minimum Gasteiger partial charge on any atom is -0.238 e. The number of benzene rings is 2. The van der Waals surface area contributed by atoms with Gasteiger partial charge in [-0.1, -0.05) is 36.4 Å². The Labute approximate surface area is 123 Å². The zero-order chi connectivity index (χ0) is 14.2. The third kappa shape index (κ3) is 1.91. The highest BCUT2D eigenvalue weighted by molar-refractivity contribution is 5.74. The van der Waals surface area contributed by atoms with Crippen LogP contribution in [0.2, 0.25) is 0 Å². The van der Waals surface area contributed by atoms with Crippen molar-refractivity contribution < 1.29 is 4.57 Å². The van der Waals surface area contributed by atoms with Crippen molar-refractivity contribution in [2.45, 2.75) is 6.54 Å². The maximum atomic E-state index is 7.02. The lowest BCUT2D eigenvalue weighted by atomic mass is 9.99. The van der Waals surface area contributed by atoms with E-state index in [1.54, 1.807) is 0 Å². The van der Waals surface area contributed by atoms with E-state index in [1.165, 1.54) is 22.4 Å². The van der Waals surface area contributed by atoms with Crippen molar-refractivity contribution in [3.8, 4) is 22.4 Å². The van der Waals surface area contributed by atoms with Crippen molar-refractivity contribution in [2.24, 2.45) is 0 Å². The second-order valence-electron chi connectivity index (χ2n) is 5.24. The van der Waals surface area contributed by atoms with E-state index in [0.717, 1.165) is 12.1 Å². The van der Waals surface area contributed by atoms with Crippen molar-refractivity contribution in [3.05, 3.63) is 83.8 Å². The summed E-state index contributed by atoms with van der Waals surface area (Å²) in [5.41, 5.74) is 6.97. The largest absolute Gasteiger partial charge is 0.238 e. The summed E-state index contributed by atoms with van der Waals surface area (Å²) < 4.78 is 2.27. The van der Waals surface area contributed by atoms with Crippen LogP contribution in [0.25, 0.3) is 27.2 Å². The average molecular weight is 269 g/mol. The van der Waals surface area contributed by atoms with E-state index in [0.29, 0.717) is 5.69 Å². The molecule has 0 unspecified atom stereocenters. The number of fused-ring (bicyclic) bond motifs is 3. The highest BCUT2D eigenvalue weighted by atomic mass is 15.0. The first-order valence-electron chi connectivity index (χ1n) is 6.95. The first-order valence-corrected chi connectivity index (χ1v) is 6.95. The third-order valence-corrected chi connectivity index (χ3v) is 4.00. The van der Waals surface area contributed by atoms with E-state index in [2.05, 4.69) is 52.0 Å². The zero-order valence-corrected chi connectivity index (χ0v) is 11.5. The van der Waals surface area contributed by atoms with Crippen LogP contribution in [-0.2, 0) is 6.54 Å². The van der Waals surface area contributed by atoms with E-state index in [9.17, 15) is 0 Å².